The zero-order valence-electron chi connectivity index (χ0n) is 17.4. The Bertz CT molecular complexity index is 963. The summed E-state index contributed by atoms with van der Waals surface area (Å²) in [4.78, 5) is 14.8. The summed E-state index contributed by atoms with van der Waals surface area (Å²) in [7, 11) is 0. The molecule has 0 bridgehead atoms. The fraction of sp³-hybridized carbons (Fsp3) is 0.545. The number of alkyl halides is 3. The minimum absolute atomic E-state index is 0.00687. The molecule has 168 valence electrons. The first kappa shape index (κ1) is 21.8. The largest absolute Gasteiger partial charge is 0.416 e. The second-order valence-corrected chi connectivity index (χ2v) is 8.21. The van der Waals surface area contributed by atoms with Gasteiger partial charge in [0, 0.05) is 49.0 Å². The van der Waals surface area contributed by atoms with Crippen LogP contribution in [0.1, 0.15) is 59.1 Å². The van der Waals surface area contributed by atoms with Crippen LogP contribution in [0.5, 0.6) is 0 Å². The van der Waals surface area contributed by atoms with Crippen molar-refractivity contribution in [3.63, 3.8) is 0 Å². The molecule has 1 fully saturated rings. The number of fused-ring (bicyclic) bond motifs is 1. The van der Waals surface area contributed by atoms with Crippen LogP contribution in [0.25, 0.3) is 0 Å². The van der Waals surface area contributed by atoms with Crippen molar-refractivity contribution in [1.82, 2.24) is 20.0 Å². The number of hydrogen-bond acceptors (Lipinski definition) is 3. The molecule has 2 heterocycles. The van der Waals surface area contributed by atoms with Gasteiger partial charge in [0.2, 0.25) is 0 Å². The van der Waals surface area contributed by atoms with Gasteiger partial charge in [0.1, 0.15) is 5.82 Å². The number of halogens is 4. The molecule has 1 aromatic carbocycles. The Hall–Kier alpha value is -2.42. The third-order valence-electron chi connectivity index (χ3n) is 6.20. The van der Waals surface area contributed by atoms with Gasteiger partial charge in [-0.1, -0.05) is 0 Å². The van der Waals surface area contributed by atoms with Crippen LogP contribution < -0.4 is 5.32 Å². The molecule has 0 saturated carbocycles. The molecule has 31 heavy (non-hydrogen) atoms. The van der Waals surface area contributed by atoms with Crippen LogP contribution in [0.2, 0.25) is 0 Å². The SMILES string of the molecule is CCn1nc(C(=O)N2CCCC2)c2c1CCC(NCc1cc(C(F)(F)F)ccc1F)C2. The van der Waals surface area contributed by atoms with Gasteiger partial charge in [0.15, 0.2) is 5.69 Å². The van der Waals surface area contributed by atoms with Crippen molar-refractivity contribution in [2.45, 2.75) is 64.3 Å². The number of nitrogens with zero attached hydrogens (tertiary/aromatic N) is 3. The predicted octanol–water partition coefficient (Wildman–Crippen LogP) is 3.94. The van der Waals surface area contributed by atoms with Crippen molar-refractivity contribution in [3.8, 4) is 0 Å². The van der Waals surface area contributed by atoms with Gasteiger partial charge in [-0.15, -0.1) is 0 Å². The minimum atomic E-state index is -4.51. The summed E-state index contributed by atoms with van der Waals surface area (Å²) in [6.45, 7) is 4.13. The maximum Gasteiger partial charge on any atom is 0.416 e. The molecular formula is C22H26F4N4O. The molecule has 1 aliphatic heterocycles. The second kappa shape index (κ2) is 8.61. The van der Waals surface area contributed by atoms with Gasteiger partial charge in [-0.3, -0.25) is 9.48 Å². The summed E-state index contributed by atoms with van der Waals surface area (Å²) in [6, 6.07) is 2.40. The van der Waals surface area contributed by atoms with Gasteiger partial charge in [-0.05, 0) is 57.2 Å². The summed E-state index contributed by atoms with van der Waals surface area (Å²) in [6.07, 6.45) is -0.514. The Kier molecular flexibility index (Phi) is 6.05. The highest BCUT2D eigenvalue weighted by Gasteiger charge is 2.33. The van der Waals surface area contributed by atoms with E-state index in [4.69, 9.17) is 0 Å². The van der Waals surface area contributed by atoms with Crippen LogP contribution in [0.4, 0.5) is 17.6 Å². The summed E-state index contributed by atoms with van der Waals surface area (Å²) in [5, 5.41) is 7.76. The highest BCUT2D eigenvalue weighted by Crippen LogP contribution is 2.31. The van der Waals surface area contributed by atoms with Gasteiger partial charge in [-0.2, -0.15) is 18.3 Å². The molecule has 1 N–H and O–H groups in total. The molecule has 0 spiro atoms. The second-order valence-electron chi connectivity index (χ2n) is 8.21. The first-order valence-corrected chi connectivity index (χ1v) is 10.7. The molecule has 5 nitrogen and oxygen atoms in total. The van der Waals surface area contributed by atoms with Crippen molar-refractivity contribution in [2.24, 2.45) is 0 Å². The zero-order valence-corrected chi connectivity index (χ0v) is 17.4. The van der Waals surface area contributed by atoms with E-state index in [9.17, 15) is 22.4 Å². The molecule has 1 atom stereocenters. The number of amides is 1. The van der Waals surface area contributed by atoms with Gasteiger partial charge in [-0.25, -0.2) is 4.39 Å². The highest BCUT2D eigenvalue weighted by molar-refractivity contribution is 5.94. The van der Waals surface area contributed by atoms with E-state index in [1.807, 2.05) is 16.5 Å². The lowest BCUT2D eigenvalue weighted by molar-refractivity contribution is -0.137. The van der Waals surface area contributed by atoms with Crippen LogP contribution in [-0.4, -0.2) is 39.7 Å². The first-order valence-electron chi connectivity index (χ1n) is 10.7. The molecule has 9 heteroatoms. The Morgan fingerprint density at radius 3 is 2.68 bits per heavy atom. The fourth-order valence-corrected chi connectivity index (χ4v) is 4.51. The topological polar surface area (TPSA) is 50.2 Å². The number of aryl methyl sites for hydroxylation is 1. The van der Waals surface area contributed by atoms with Crippen LogP contribution >= 0.6 is 0 Å². The Labute approximate surface area is 178 Å². The Morgan fingerprint density at radius 1 is 1.26 bits per heavy atom. The summed E-state index contributed by atoms with van der Waals surface area (Å²) in [5.74, 6) is -0.716. The molecule has 1 aromatic heterocycles. The van der Waals surface area contributed by atoms with E-state index in [1.165, 1.54) is 0 Å². The van der Waals surface area contributed by atoms with E-state index in [1.54, 1.807) is 0 Å². The van der Waals surface area contributed by atoms with Gasteiger partial charge in [0.05, 0.1) is 5.56 Å². The number of rotatable bonds is 5. The van der Waals surface area contributed by atoms with E-state index in [0.29, 0.717) is 25.1 Å². The number of hydrogen-bond donors (Lipinski definition) is 1. The van der Waals surface area contributed by atoms with Gasteiger partial charge < -0.3 is 10.2 Å². The molecule has 1 unspecified atom stereocenters. The number of likely N-dealkylation sites (tertiary alicyclic amines) is 1. The monoisotopic (exact) mass is 438 g/mol. The lowest BCUT2D eigenvalue weighted by atomic mass is 9.91. The van der Waals surface area contributed by atoms with E-state index in [-0.39, 0.29) is 24.1 Å². The molecule has 4 rings (SSSR count). The summed E-state index contributed by atoms with van der Waals surface area (Å²) < 4.78 is 54.8. The quantitative estimate of drug-likeness (QED) is 0.720. The molecule has 1 aliphatic carbocycles. The number of benzene rings is 1. The number of nitrogens with one attached hydrogen (secondary N) is 1. The Morgan fingerprint density at radius 2 is 2.00 bits per heavy atom. The zero-order chi connectivity index (χ0) is 22.2. The lowest BCUT2D eigenvalue weighted by Crippen LogP contribution is -2.36. The maximum absolute atomic E-state index is 14.1. The number of carbonyl (C=O) groups is 1. The van der Waals surface area contributed by atoms with Gasteiger partial charge >= 0.3 is 6.18 Å². The predicted molar refractivity (Wildman–Crippen MR) is 107 cm³/mol. The van der Waals surface area contributed by atoms with Crippen LogP contribution in [-0.2, 0) is 32.1 Å². The van der Waals surface area contributed by atoms with Gasteiger partial charge in [0.25, 0.3) is 5.91 Å². The fourth-order valence-electron chi connectivity index (χ4n) is 4.51. The molecule has 2 aliphatic rings. The van der Waals surface area contributed by atoms with Crippen molar-refractivity contribution < 1.29 is 22.4 Å². The molecule has 0 radical (unpaired) electrons. The van der Waals surface area contributed by atoms with E-state index in [0.717, 1.165) is 61.8 Å². The Balaban J connectivity index is 1.50. The van der Waals surface area contributed by atoms with E-state index in [2.05, 4.69) is 10.4 Å². The van der Waals surface area contributed by atoms with Crippen molar-refractivity contribution in [3.05, 3.63) is 52.1 Å². The van der Waals surface area contributed by atoms with Crippen LogP contribution in [0, 0.1) is 5.82 Å². The van der Waals surface area contributed by atoms with Crippen molar-refractivity contribution in [2.75, 3.05) is 13.1 Å². The third-order valence-corrected chi connectivity index (χ3v) is 6.20. The van der Waals surface area contributed by atoms with Crippen LogP contribution in [0.3, 0.4) is 0 Å². The maximum atomic E-state index is 14.1. The normalized spacial score (nSPS) is 19.0. The summed E-state index contributed by atoms with van der Waals surface area (Å²) >= 11 is 0. The van der Waals surface area contributed by atoms with E-state index < -0.39 is 17.6 Å². The van der Waals surface area contributed by atoms with Crippen LogP contribution in [0.15, 0.2) is 18.2 Å². The number of aromatic nitrogens is 2. The smallest absolute Gasteiger partial charge is 0.337 e. The average molecular weight is 438 g/mol. The third kappa shape index (κ3) is 4.46. The van der Waals surface area contributed by atoms with Crippen molar-refractivity contribution in [1.29, 1.82) is 0 Å². The summed E-state index contributed by atoms with van der Waals surface area (Å²) in [5.41, 5.74) is 1.56. The van der Waals surface area contributed by atoms with E-state index >= 15 is 0 Å². The highest BCUT2D eigenvalue weighted by atomic mass is 19.4. The molecule has 1 amide bonds. The average Bonchev–Trinajstić information content (AvgIpc) is 3.39. The lowest BCUT2D eigenvalue weighted by Gasteiger charge is -2.25. The molecular weight excluding hydrogens is 412 g/mol. The number of carbonyl (C=O) groups excluding carboxylic acids is 1. The molecule has 1 saturated heterocycles. The first-order chi connectivity index (χ1) is 14.8. The van der Waals surface area contributed by atoms with Crippen molar-refractivity contribution >= 4 is 5.91 Å². The molecule has 2 aromatic rings. The standard InChI is InChI=1S/C22H26F4N4O/c1-2-30-19-8-6-16(12-17(19)20(28-30)21(31)29-9-3-4-10-29)27-13-14-11-15(22(24,25)26)5-7-18(14)23/h5,7,11,16,27H,2-4,6,8-10,12-13H2,1H3. The minimum Gasteiger partial charge on any atom is -0.337 e.